The molecule has 35 heavy (non-hydrogen) atoms. The minimum absolute atomic E-state index is 0.190. The van der Waals surface area contributed by atoms with Gasteiger partial charge in [-0.3, -0.25) is 14.4 Å². The normalized spacial score (nSPS) is 11.8. The van der Waals surface area contributed by atoms with Crippen LogP contribution in [0.3, 0.4) is 0 Å². The first-order chi connectivity index (χ1) is 17.0. The van der Waals surface area contributed by atoms with Crippen molar-refractivity contribution in [1.29, 1.82) is 0 Å². The van der Waals surface area contributed by atoms with E-state index in [0.29, 0.717) is 28.7 Å². The predicted octanol–water partition coefficient (Wildman–Crippen LogP) is 3.63. The fourth-order valence-electron chi connectivity index (χ4n) is 3.68. The topological polar surface area (TPSA) is 124 Å². The minimum atomic E-state index is -0.524. The lowest BCUT2D eigenvalue weighted by molar-refractivity contribution is -0.119. The second-order valence-electron chi connectivity index (χ2n) is 8.20. The SMILES string of the molecule is CCCCCn1nc(C(=O)Nc2ccc(NC(=O)C(C)n3cncn3)cc2)c2ccccc2c1=O. The van der Waals surface area contributed by atoms with E-state index in [-0.39, 0.29) is 17.2 Å². The predicted molar refractivity (Wildman–Crippen MR) is 133 cm³/mol. The molecule has 0 aliphatic carbocycles. The van der Waals surface area contributed by atoms with Gasteiger partial charge in [0.15, 0.2) is 5.69 Å². The van der Waals surface area contributed by atoms with Crippen LogP contribution < -0.4 is 16.2 Å². The number of amides is 2. The van der Waals surface area contributed by atoms with E-state index in [2.05, 4.69) is 32.7 Å². The van der Waals surface area contributed by atoms with Gasteiger partial charge in [0.2, 0.25) is 5.91 Å². The monoisotopic (exact) mass is 473 g/mol. The number of aromatic nitrogens is 5. The number of hydrogen-bond acceptors (Lipinski definition) is 6. The molecule has 1 atom stereocenters. The molecule has 2 N–H and O–H groups in total. The van der Waals surface area contributed by atoms with Crippen LogP contribution in [-0.4, -0.2) is 36.4 Å². The van der Waals surface area contributed by atoms with Crippen LogP contribution in [-0.2, 0) is 11.3 Å². The van der Waals surface area contributed by atoms with Crippen molar-refractivity contribution in [2.45, 2.75) is 45.7 Å². The highest BCUT2D eigenvalue weighted by Gasteiger charge is 2.18. The van der Waals surface area contributed by atoms with Crippen LogP contribution in [0, 0.1) is 0 Å². The van der Waals surface area contributed by atoms with Crippen LogP contribution in [0.4, 0.5) is 11.4 Å². The molecule has 0 saturated heterocycles. The molecular formula is C25H27N7O3. The van der Waals surface area contributed by atoms with Gasteiger partial charge < -0.3 is 10.6 Å². The highest BCUT2D eigenvalue weighted by molar-refractivity contribution is 6.11. The Balaban J connectivity index is 1.50. The molecule has 4 rings (SSSR count). The summed E-state index contributed by atoms with van der Waals surface area (Å²) in [5.74, 6) is -0.657. The van der Waals surface area contributed by atoms with Crippen LogP contribution in [0.2, 0.25) is 0 Å². The molecule has 10 heteroatoms. The summed E-state index contributed by atoms with van der Waals surface area (Å²) < 4.78 is 2.84. The lowest BCUT2D eigenvalue weighted by atomic mass is 10.1. The van der Waals surface area contributed by atoms with Crippen molar-refractivity contribution in [2.24, 2.45) is 0 Å². The van der Waals surface area contributed by atoms with Crippen molar-refractivity contribution >= 4 is 34.0 Å². The second kappa shape index (κ2) is 10.7. The molecule has 4 aromatic rings. The van der Waals surface area contributed by atoms with Crippen molar-refractivity contribution in [3.63, 3.8) is 0 Å². The molecule has 2 aromatic carbocycles. The van der Waals surface area contributed by atoms with Crippen molar-refractivity contribution < 1.29 is 9.59 Å². The first-order valence-electron chi connectivity index (χ1n) is 11.5. The van der Waals surface area contributed by atoms with Gasteiger partial charge >= 0.3 is 0 Å². The van der Waals surface area contributed by atoms with Gasteiger partial charge in [0.05, 0.1) is 5.39 Å². The quantitative estimate of drug-likeness (QED) is 0.358. The third-order valence-electron chi connectivity index (χ3n) is 5.68. The highest BCUT2D eigenvalue weighted by atomic mass is 16.2. The maximum Gasteiger partial charge on any atom is 0.276 e. The van der Waals surface area contributed by atoms with Gasteiger partial charge in [0, 0.05) is 23.3 Å². The molecule has 0 saturated carbocycles. The number of nitrogens with zero attached hydrogens (tertiary/aromatic N) is 5. The van der Waals surface area contributed by atoms with Crippen LogP contribution in [0.5, 0.6) is 0 Å². The van der Waals surface area contributed by atoms with Crippen molar-refractivity contribution in [2.75, 3.05) is 10.6 Å². The Bertz CT molecular complexity index is 1380. The van der Waals surface area contributed by atoms with Gasteiger partial charge in [-0.15, -0.1) is 0 Å². The maximum atomic E-state index is 13.1. The van der Waals surface area contributed by atoms with Gasteiger partial charge in [-0.1, -0.05) is 38.0 Å². The van der Waals surface area contributed by atoms with Crippen LogP contribution in [0.1, 0.15) is 49.6 Å². The number of fused-ring (bicyclic) bond motifs is 1. The number of anilines is 2. The van der Waals surface area contributed by atoms with Gasteiger partial charge in [0.25, 0.3) is 11.5 Å². The van der Waals surface area contributed by atoms with Gasteiger partial charge in [-0.05, 0) is 43.7 Å². The Labute approximate surface area is 202 Å². The van der Waals surface area contributed by atoms with Crippen LogP contribution in [0.25, 0.3) is 10.8 Å². The molecule has 2 aromatic heterocycles. The summed E-state index contributed by atoms with van der Waals surface area (Å²) in [5, 5.41) is 15.0. The fourth-order valence-corrected chi connectivity index (χ4v) is 3.68. The Morgan fingerprint density at radius 1 is 0.971 bits per heavy atom. The summed E-state index contributed by atoms with van der Waals surface area (Å²) in [6, 6.07) is 13.2. The molecule has 0 aliphatic heterocycles. The summed E-state index contributed by atoms with van der Waals surface area (Å²) in [5.41, 5.74) is 1.10. The molecule has 0 radical (unpaired) electrons. The summed E-state index contributed by atoms with van der Waals surface area (Å²) in [6.45, 7) is 4.26. The fraction of sp³-hybridized carbons (Fsp3) is 0.280. The van der Waals surface area contributed by atoms with E-state index in [9.17, 15) is 14.4 Å². The summed E-state index contributed by atoms with van der Waals surface area (Å²) in [4.78, 5) is 42.2. The maximum absolute atomic E-state index is 13.1. The molecule has 0 bridgehead atoms. The largest absolute Gasteiger partial charge is 0.324 e. The number of nitrogens with one attached hydrogen (secondary N) is 2. The van der Waals surface area contributed by atoms with Crippen molar-refractivity contribution in [1.82, 2.24) is 24.5 Å². The summed E-state index contributed by atoms with van der Waals surface area (Å²) in [6.07, 6.45) is 5.66. The molecule has 1 unspecified atom stereocenters. The highest BCUT2D eigenvalue weighted by Crippen LogP contribution is 2.18. The first-order valence-corrected chi connectivity index (χ1v) is 11.5. The Hall–Kier alpha value is -4.34. The van der Waals surface area contributed by atoms with Crippen molar-refractivity contribution in [3.8, 4) is 0 Å². The van der Waals surface area contributed by atoms with E-state index in [0.717, 1.165) is 19.3 Å². The zero-order valence-corrected chi connectivity index (χ0v) is 19.6. The lowest BCUT2D eigenvalue weighted by Gasteiger charge is -2.13. The number of hydrogen-bond donors (Lipinski definition) is 2. The molecule has 2 heterocycles. The van der Waals surface area contributed by atoms with E-state index in [4.69, 9.17) is 0 Å². The van der Waals surface area contributed by atoms with E-state index in [1.165, 1.54) is 22.0 Å². The number of benzene rings is 2. The molecule has 0 fully saturated rings. The first kappa shape index (κ1) is 23.8. The smallest absolute Gasteiger partial charge is 0.276 e. The van der Waals surface area contributed by atoms with Crippen LogP contribution >= 0.6 is 0 Å². The third kappa shape index (κ3) is 5.43. The number of carbonyl (C=O) groups is 2. The second-order valence-corrected chi connectivity index (χ2v) is 8.20. The van der Waals surface area contributed by atoms with Gasteiger partial charge in [-0.2, -0.15) is 10.2 Å². The molecule has 0 spiro atoms. The standard InChI is InChI=1S/C25H27N7O3/c1-3-4-7-14-31-25(35)21-9-6-5-8-20(21)22(30-31)24(34)29-19-12-10-18(11-13-19)28-23(33)17(2)32-16-26-15-27-32/h5-6,8-13,15-17H,3-4,7,14H2,1-2H3,(H,28,33)(H,29,34). The zero-order valence-electron chi connectivity index (χ0n) is 19.6. The lowest BCUT2D eigenvalue weighted by Crippen LogP contribution is -2.27. The number of unbranched alkanes of at least 4 members (excludes halogenated alkanes) is 2. The summed E-state index contributed by atoms with van der Waals surface area (Å²) in [7, 11) is 0. The van der Waals surface area contributed by atoms with Gasteiger partial charge in [0.1, 0.15) is 18.7 Å². The number of carbonyl (C=O) groups excluding carboxylic acids is 2. The van der Waals surface area contributed by atoms with E-state index in [1.807, 2.05) is 0 Å². The van der Waals surface area contributed by atoms with E-state index >= 15 is 0 Å². The molecule has 0 aliphatic rings. The minimum Gasteiger partial charge on any atom is -0.324 e. The average molecular weight is 474 g/mol. The van der Waals surface area contributed by atoms with E-state index in [1.54, 1.807) is 55.5 Å². The summed E-state index contributed by atoms with van der Waals surface area (Å²) >= 11 is 0. The zero-order chi connectivity index (χ0) is 24.8. The third-order valence-corrected chi connectivity index (χ3v) is 5.68. The van der Waals surface area contributed by atoms with E-state index < -0.39 is 11.9 Å². The molecule has 180 valence electrons. The van der Waals surface area contributed by atoms with Gasteiger partial charge in [-0.25, -0.2) is 14.3 Å². The number of aryl methyl sites for hydroxylation is 1. The molecule has 10 nitrogen and oxygen atoms in total. The Morgan fingerprint density at radius 3 is 2.31 bits per heavy atom. The average Bonchev–Trinajstić information content (AvgIpc) is 3.41. The molecule has 2 amide bonds. The Kier molecular flexibility index (Phi) is 7.30. The Morgan fingerprint density at radius 2 is 1.66 bits per heavy atom. The van der Waals surface area contributed by atoms with Crippen LogP contribution in [0.15, 0.2) is 66.0 Å². The number of rotatable bonds is 9. The van der Waals surface area contributed by atoms with Crippen molar-refractivity contribution in [3.05, 3.63) is 77.2 Å². The molecular weight excluding hydrogens is 446 g/mol.